The number of fused-ring (bicyclic) bond motifs is 1. The van der Waals surface area contributed by atoms with Crippen molar-refractivity contribution in [3.63, 3.8) is 0 Å². The van der Waals surface area contributed by atoms with E-state index in [0.29, 0.717) is 18.2 Å². The van der Waals surface area contributed by atoms with Gasteiger partial charge in [0.2, 0.25) is 0 Å². The molecule has 3 aromatic carbocycles. The predicted molar refractivity (Wildman–Crippen MR) is 159 cm³/mol. The molecule has 4 aromatic rings. The molecule has 0 aliphatic heterocycles. The van der Waals surface area contributed by atoms with Crippen LogP contribution in [0.25, 0.3) is 22.2 Å². The van der Waals surface area contributed by atoms with Crippen LogP contribution < -0.4 is 10.6 Å². The van der Waals surface area contributed by atoms with Gasteiger partial charge in [-0.2, -0.15) is 0 Å². The van der Waals surface area contributed by atoms with E-state index in [4.69, 9.17) is 4.98 Å². The highest BCUT2D eigenvalue weighted by Crippen LogP contribution is 2.27. The Morgan fingerprint density at radius 3 is 2.56 bits per heavy atom. The molecule has 3 N–H and O–H groups in total. The second-order valence-corrected chi connectivity index (χ2v) is 10.6. The molecule has 1 aliphatic carbocycles. The van der Waals surface area contributed by atoms with Gasteiger partial charge >= 0.3 is 5.97 Å². The van der Waals surface area contributed by atoms with Crippen molar-refractivity contribution in [1.29, 1.82) is 0 Å². The number of carbonyl (C=O) groups is 1. The first-order chi connectivity index (χ1) is 19.0. The molecule has 1 saturated carbocycles. The summed E-state index contributed by atoms with van der Waals surface area (Å²) in [6.45, 7) is 7.13. The van der Waals surface area contributed by atoms with Crippen LogP contribution in [0.4, 0.5) is 5.69 Å². The number of nitrogens with one attached hydrogen (secondary N) is 2. The molecule has 39 heavy (non-hydrogen) atoms. The second kappa shape index (κ2) is 12.2. The fourth-order valence-corrected chi connectivity index (χ4v) is 5.55. The first kappa shape index (κ1) is 26.5. The number of rotatable bonds is 11. The first-order valence-electron chi connectivity index (χ1n) is 14.1. The van der Waals surface area contributed by atoms with E-state index in [1.807, 2.05) is 24.3 Å². The van der Waals surface area contributed by atoms with Crippen molar-refractivity contribution in [1.82, 2.24) is 14.9 Å². The molecule has 1 aromatic heterocycles. The van der Waals surface area contributed by atoms with E-state index in [-0.39, 0.29) is 0 Å². The maximum Gasteiger partial charge on any atom is 0.336 e. The van der Waals surface area contributed by atoms with Crippen LogP contribution in [0.3, 0.4) is 0 Å². The molecule has 0 bridgehead atoms. The highest BCUT2D eigenvalue weighted by atomic mass is 16.4. The van der Waals surface area contributed by atoms with Crippen LogP contribution in [0, 0.1) is 0 Å². The number of aromatic nitrogens is 2. The first-order valence-corrected chi connectivity index (χ1v) is 14.1. The molecular formula is C33H38N4O2. The number of hydrogen-bond donors (Lipinski definition) is 3. The van der Waals surface area contributed by atoms with E-state index in [1.165, 1.54) is 32.1 Å². The van der Waals surface area contributed by atoms with E-state index in [9.17, 15) is 9.90 Å². The van der Waals surface area contributed by atoms with Crippen molar-refractivity contribution >= 4 is 22.7 Å². The summed E-state index contributed by atoms with van der Waals surface area (Å²) in [5, 5.41) is 16.6. The monoisotopic (exact) mass is 522 g/mol. The molecule has 0 atom stereocenters. The van der Waals surface area contributed by atoms with Gasteiger partial charge in [-0.1, -0.05) is 81.7 Å². The third kappa shape index (κ3) is 6.33. The fourth-order valence-electron chi connectivity index (χ4n) is 5.55. The van der Waals surface area contributed by atoms with E-state index in [2.05, 4.69) is 59.0 Å². The Morgan fingerprint density at radius 1 is 1.05 bits per heavy atom. The minimum atomic E-state index is -0.916. The number of imidazole rings is 1. The van der Waals surface area contributed by atoms with Gasteiger partial charge in [0.05, 0.1) is 22.4 Å². The lowest BCUT2D eigenvalue weighted by Gasteiger charge is -2.25. The number of aromatic carboxylic acids is 1. The number of aryl methyl sites for hydroxylation is 1. The number of carboxylic acid groups (broad SMARTS) is 1. The van der Waals surface area contributed by atoms with Gasteiger partial charge in [0.1, 0.15) is 5.82 Å². The predicted octanol–water partition coefficient (Wildman–Crippen LogP) is 7.60. The van der Waals surface area contributed by atoms with Gasteiger partial charge in [-0.15, -0.1) is 0 Å². The standard InChI is InChI=1S/C33H38N4O2/c1-3-4-14-32-36-30-20-19-27(35-23(2)34-26-10-6-5-7-11-26)21-31(30)37(32)22-24-15-17-25(18-16-24)28-12-8-9-13-29(28)33(38)39/h8-9,12-13,15-21,26,34-35H,2-7,10-11,14,22H2,1H3,(H,38,39). The van der Waals surface area contributed by atoms with Crippen LogP contribution in [-0.2, 0) is 13.0 Å². The normalized spacial score (nSPS) is 13.9. The van der Waals surface area contributed by atoms with Gasteiger partial charge in [-0.25, -0.2) is 9.78 Å². The molecule has 202 valence electrons. The van der Waals surface area contributed by atoms with E-state index in [0.717, 1.165) is 64.3 Å². The Labute approximate surface area is 230 Å². The van der Waals surface area contributed by atoms with Gasteiger partial charge < -0.3 is 20.3 Å². The number of anilines is 1. The Balaban J connectivity index is 1.39. The van der Waals surface area contributed by atoms with Crippen LogP contribution in [0.2, 0.25) is 0 Å². The highest BCUT2D eigenvalue weighted by Gasteiger charge is 2.16. The van der Waals surface area contributed by atoms with Gasteiger partial charge in [0.15, 0.2) is 0 Å². The fraction of sp³-hybridized carbons (Fsp3) is 0.333. The van der Waals surface area contributed by atoms with Crippen LogP contribution in [0.5, 0.6) is 0 Å². The van der Waals surface area contributed by atoms with E-state index in [1.54, 1.807) is 12.1 Å². The topological polar surface area (TPSA) is 79.2 Å². The van der Waals surface area contributed by atoms with Crippen LogP contribution in [-0.4, -0.2) is 26.7 Å². The molecule has 0 unspecified atom stereocenters. The minimum Gasteiger partial charge on any atom is -0.478 e. The molecule has 1 heterocycles. The van der Waals surface area contributed by atoms with Gasteiger partial charge in [-0.05, 0) is 60.2 Å². The molecule has 5 rings (SSSR count). The summed E-state index contributed by atoms with van der Waals surface area (Å²) in [5.41, 5.74) is 6.17. The summed E-state index contributed by atoms with van der Waals surface area (Å²) in [5.74, 6) is 1.01. The zero-order valence-electron chi connectivity index (χ0n) is 22.7. The number of carboxylic acids is 1. The lowest BCUT2D eigenvalue weighted by Crippen LogP contribution is -2.32. The third-order valence-corrected chi connectivity index (χ3v) is 7.62. The van der Waals surface area contributed by atoms with Crippen LogP contribution in [0.1, 0.15) is 73.6 Å². The molecule has 1 fully saturated rings. The molecular weight excluding hydrogens is 484 g/mol. The average Bonchev–Trinajstić information content (AvgIpc) is 3.29. The second-order valence-electron chi connectivity index (χ2n) is 10.6. The molecule has 0 spiro atoms. The quantitative estimate of drug-likeness (QED) is 0.189. The van der Waals surface area contributed by atoms with Crippen molar-refractivity contribution in [2.24, 2.45) is 0 Å². The molecule has 0 amide bonds. The Bertz CT molecular complexity index is 1450. The number of hydrogen-bond acceptors (Lipinski definition) is 4. The van der Waals surface area contributed by atoms with Crippen LogP contribution in [0.15, 0.2) is 79.1 Å². The maximum atomic E-state index is 11.7. The van der Waals surface area contributed by atoms with Crippen molar-refractivity contribution in [2.45, 2.75) is 70.9 Å². The molecule has 6 heteroatoms. The van der Waals surface area contributed by atoms with E-state index >= 15 is 0 Å². The van der Waals surface area contributed by atoms with Gasteiger partial charge in [0.25, 0.3) is 0 Å². The summed E-state index contributed by atoms with van der Waals surface area (Å²) >= 11 is 0. The third-order valence-electron chi connectivity index (χ3n) is 7.62. The minimum absolute atomic E-state index is 0.312. The zero-order chi connectivity index (χ0) is 27.2. The van der Waals surface area contributed by atoms with Gasteiger partial charge in [0, 0.05) is 24.7 Å². The van der Waals surface area contributed by atoms with Crippen molar-refractivity contribution in [3.8, 4) is 11.1 Å². The van der Waals surface area contributed by atoms with Crippen molar-refractivity contribution in [2.75, 3.05) is 5.32 Å². The lowest BCUT2D eigenvalue weighted by molar-refractivity contribution is 0.0697. The molecule has 6 nitrogen and oxygen atoms in total. The Hall–Kier alpha value is -4.06. The van der Waals surface area contributed by atoms with Gasteiger partial charge in [-0.3, -0.25) is 0 Å². The lowest BCUT2D eigenvalue weighted by atomic mass is 9.96. The average molecular weight is 523 g/mol. The highest BCUT2D eigenvalue weighted by molar-refractivity contribution is 5.96. The van der Waals surface area contributed by atoms with Crippen molar-refractivity contribution in [3.05, 3.63) is 96.1 Å². The molecule has 0 saturated heterocycles. The Kier molecular flexibility index (Phi) is 8.30. The zero-order valence-corrected chi connectivity index (χ0v) is 22.7. The number of nitrogens with zero attached hydrogens (tertiary/aromatic N) is 2. The van der Waals surface area contributed by atoms with Crippen LogP contribution >= 0.6 is 0 Å². The van der Waals surface area contributed by atoms with E-state index < -0.39 is 5.97 Å². The SMILES string of the molecule is C=C(Nc1ccc2nc(CCCC)n(Cc3ccc(-c4ccccc4C(=O)O)cc3)c2c1)NC1CCCCC1. The maximum absolute atomic E-state index is 11.7. The Morgan fingerprint density at radius 2 is 1.82 bits per heavy atom. The summed E-state index contributed by atoms with van der Waals surface area (Å²) in [6, 6.07) is 22.2. The summed E-state index contributed by atoms with van der Waals surface area (Å²) in [7, 11) is 0. The molecule has 1 aliphatic rings. The summed E-state index contributed by atoms with van der Waals surface area (Å²) in [4.78, 5) is 16.7. The number of unbranched alkanes of at least 4 members (excludes halogenated alkanes) is 1. The summed E-state index contributed by atoms with van der Waals surface area (Å²) < 4.78 is 2.31. The largest absolute Gasteiger partial charge is 0.478 e. The summed E-state index contributed by atoms with van der Waals surface area (Å²) in [6.07, 6.45) is 9.42. The van der Waals surface area contributed by atoms with Crippen molar-refractivity contribution < 1.29 is 9.90 Å². The smallest absolute Gasteiger partial charge is 0.336 e. The number of benzene rings is 3. The molecule has 0 radical (unpaired) electrons.